The van der Waals surface area contributed by atoms with Crippen LogP contribution in [-0.4, -0.2) is 44.0 Å². The maximum absolute atomic E-state index is 13.2. The molecule has 6 nitrogen and oxygen atoms in total. The molecule has 0 aromatic heterocycles. The Labute approximate surface area is 184 Å². The number of unbranched alkanes of at least 4 members (excludes halogenated alkanes) is 2. The van der Waals surface area contributed by atoms with Crippen molar-refractivity contribution in [3.8, 4) is 11.5 Å². The van der Waals surface area contributed by atoms with Crippen LogP contribution in [0.5, 0.6) is 11.5 Å². The van der Waals surface area contributed by atoms with Gasteiger partial charge in [0.2, 0.25) is 11.8 Å². The Hall–Kier alpha value is -3.02. The molecule has 2 aromatic rings. The van der Waals surface area contributed by atoms with Crippen LogP contribution in [0.25, 0.3) is 0 Å². The molecule has 0 radical (unpaired) electrons. The molecule has 0 fully saturated rings. The Morgan fingerprint density at radius 3 is 2.42 bits per heavy atom. The van der Waals surface area contributed by atoms with Crippen molar-refractivity contribution in [2.45, 2.75) is 45.1 Å². The van der Waals surface area contributed by atoms with Gasteiger partial charge in [-0.2, -0.15) is 0 Å². The van der Waals surface area contributed by atoms with Gasteiger partial charge in [0.15, 0.2) is 11.5 Å². The highest BCUT2D eigenvalue weighted by Gasteiger charge is 2.32. The van der Waals surface area contributed by atoms with Crippen molar-refractivity contribution in [3.05, 3.63) is 59.2 Å². The van der Waals surface area contributed by atoms with Crippen molar-refractivity contribution >= 4 is 11.8 Å². The molecule has 0 bridgehead atoms. The van der Waals surface area contributed by atoms with Crippen LogP contribution in [0.1, 0.15) is 55.3 Å². The Kier molecular flexibility index (Phi) is 7.93. The van der Waals surface area contributed by atoms with Gasteiger partial charge in [0.1, 0.15) is 0 Å². The monoisotopic (exact) mass is 424 g/mol. The van der Waals surface area contributed by atoms with Crippen LogP contribution in [0.3, 0.4) is 0 Å². The van der Waals surface area contributed by atoms with Crippen LogP contribution in [0.4, 0.5) is 0 Å². The molecule has 1 heterocycles. The first kappa shape index (κ1) is 22.7. The normalized spacial score (nSPS) is 15.2. The second kappa shape index (κ2) is 10.8. The number of carbonyl (C=O) groups excluding carboxylic acids is 2. The van der Waals surface area contributed by atoms with Gasteiger partial charge in [-0.15, -0.1) is 0 Å². The molecule has 2 amide bonds. The van der Waals surface area contributed by atoms with E-state index in [1.165, 1.54) is 12.5 Å². The van der Waals surface area contributed by atoms with Gasteiger partial charge in [-0.25, -0.2) is 0 Å². The van der Waals surface area contributed by atoms with Crippen LogP contribution in [0, 0.1) is 0 Å². The highest BCUT2D eigenvalue weighted by molar-refractivity contribution is 5.78. The molecule has 0 saturated carbocycles. The van der Waals surface area contributed by atoms with E-state index >= 15 is 0 Å². The van der Waals surface area contributed by atoms with Gasteiger partial charge < -0.3 is 19.7 Å². The third-order valence-electron chi connectivity index (χ3n) is 5.75. The molecule has 31 heavy (non-hydrogen) atoms. The molecule has 1 aliphatic heterocycles. The minimum atomic E-state index is -0.142. The summed E-state index contributed by atoms with van der Waals surface area (Å²) in [5, 5.41) is 2.80. The molecule has 6 heteroatoms. The van der Waals surface area contributed by atoms with Gasteiger partial charge in [0, 0.05) is 26.4 Å². The zero-order chi connectivity index (χ0) is 22.2. The molecule has 1 unspecified atom stereocenters. The number of methoxy groups -OCH3 is 2. The van der Waals surface area contributed by atoms with E-state index in [2.05, 4.69) is 17.4 Å². The summed E-state index contributed by atoms with van der Waals surface area (Å²) in [4.78, 5) is 26.2. The Morgan fingerprint density at radius 2 is 1.74 bits per heavy atom. The van der Waals surface area contributed by atoms with Crippen LogP contribution >= 0.6 is 0 Å². The van der Waals surface area contributed by atoms with E-state index in [9.17, 15) is 9.59 Å². The second-order valence-electron chi connectivity index (χ2n) is 7.85. The number of carbonyl (C=O) groups is 2. The Balaban J connectivity index is 1.79. The number of benzene rings is 2. The molecular formula is C25H32N2O4. The predicted molar refractivity (Wildman–Crippen MR) is 120 cm³/mol. The topological polar surface area (TPSA) is 67.9 Å². The largest absolute Gasteiger partial charge is 0.493 e. The van der Waals surface area contributed by atoms with E-state index in [4.69, 9.17) is 9.47 Å². The zero-order valence-electron chi connectivity index (χ0n) is 18.6. The molecule has 3 rings (SSSR count). The van der Waals surface area contributed by atoms with Gasteiger partial charge in [-0.3, -0.25) is 9.59 Å². The lowest BCUT2D eigenvalue weighted by Gasteiger charge is -2.38. The first-order valence-electron chi connectivity index (χ1n) is 10.9. The summed E-state index contributed by atoms with van der Waals surface area (Å²) in [5.74, 6) is 1.54. The summed E-state index contributed by atoms with van der Waals surface area (Å²) in [6.07, 6.45) is 3.90. The minimum absolute atomic E-state index is 0.0131. The minimum Gasteiger partial charge on any atom is -0.493 e. The van der Waals surface area contributed by atoms with Crippen LogP contribution in [-0.2, 0) is 16.0 Å². The smallest absolute Gasteiger partial charge is 0.223 e. The van der Waals surface area contributed by atoms with Crippen molar-refractivity contribution in [2.75, 3.05) is 27.3 Å². The van der Waals surface area contributed by atoms with Gasteiger partial charge in [-0.1, -0.05) is 36.8 Å². The van der Waals surface area contributed by atoms with Gasteiger partial charge in [0.25, 0.3) is 0 Å². The van der Waals surface area contributed by atoms with Crippen LogP contribution in [0.15, 0.2) is 42.5 Å². The Morgan fingerprint density at radius 1 is 1.03 bits per heavy atom. The zero-order valence-corrected chi connectivity index (χ0v) is 18.6. The average Bonchev–Trinajstić information content (AvgIpc) is 2.79. The number of rotatable bonds is 9. The second-order valence-corrected chi connectivity index (χ2v) is 7.85. The molecule has 166 valence electrons. The number of ether oxygens (including phenoxy) is 2. The predicted octanol–water partition coefficient (Wildman–Crippen LogP) is 3.87. The van der Waals surface area contributed by atoms with Crippen molar-refractivity contribution in [3.63, 3.8) is 0 Å². The molecular weight excluding hydrogens is 392 g/mol. The van der Waals surface area contributed by atoms with E-state index in [0.717, 1.165) is 36.8 Å². The van der Waals surface area contributed by atoms with Gasteiger partial charge in [0.05, 0.1) is 20.3 Å². The number of fused-ring (bicyclic) bond motifs is 1. The lowest BCUT2D eigenvalue weighted by molar-refractivity contribution is -0.133. The van der Waals surface area contributed by atoms with E-state index in [1.807, 2.05) is 35.2 Å². The number of hydrogen-bond acceptors (Lipinski definition) is 4. The van der Waals surface area contributed by atoms with E-state index in [1.54, 1.807) is 14.2 Å². The van der Waals surface area contributed by atoms with E-state index < -0.39 is 0 Å². The first-order chi connectivity index (χ1) is 15.0. The fourth-order valence-electron chi connectivity index (χ4n) is 4.20. The summed E-state index contributed by atoms with van der Waals surface area (Å²) in [5.41, 5.74) is 3.37. The summed E-state index contributed by atoms with van der Waals surface area (Å²) >= 11 is 0. The maximum atomic E-state index is 13.2. The van der Waals surface area contributed by atoms with Gasteiger partial charge >= 0.3 is 0 Å². The molecule has 1 N–H and O–H groups in total. The fraction of sp³-hybridized carbons (Fsp3) is 0.440. The number of hydrogen-bond donors (Lipinski definition) is 1. The van der Waals surface area contributed by atoms with Crippen molar-refractivity contribution < 1.29 is 19.1 Å². The Bertz CT molecular complexity index is 898. The van der Waals surface area contributed by atoms with Crippen molar-refractivity contribution in [1.29, 1.82) is 0 Å². The third-order valence-corrected chi connectivity index (χ3v) is 5.75. The number of nitrogens with zero attached hydrogens (tertiary/aromatic N) is 1. The molecule has 0 aliphatic carbocycles. The summed E-state index contributed by atoms with van der Waals surface area (Å²) < 4.78 is 11.0. The number of nitrogens with one attached hydrogen (secondary N) is 1. The van der Waals surface area contributed by atoms with Gasteiger partial charge in [-0.05, 0) is 48.1 Å². The lowest BCUT2D eigenvalue weighted by Crippen LogP contribution is -2.40. The van der Waals surface area contributed by atoms with E-state index in [-0.39, 0.29) is 17.9 Å². The quantitative estimate of drug-likeness (QED) is 0.621. The van der Waals surface area contributed by atoms with E-state index in [0.29, 0.717) is 31.0 Å². The fourth-order valence-corrected chi connectivity index (χ4v) is 4.20. The van der Waals surface area contributed by atoms with Crippen molar-refractivity contribution in [1.82, 2.24) is 10.2 Å². The molecule has 2 aromatic carbocycles. The average molecular weight is 425 g/mol. The molecule has 1 atom stereocenters. The SMILES string of the molecule is COc1cc2c(cc1OC)C(c1ccccc1)N(C(=O)CCCCCNC(C)=O)CC2. The lowest BCUT2D eigenvalue weighted by atomic mass is 9.87. The summed E-state index contributed by atoms with van der Waals surface area (Å²) in [6, 6.07) is 14.1. The standard InChI is InChI=1S/C25H32N2O4/c1-18(28)26-14-9-5-8-12-24(29)27-15-13-20-16-22(30-2)23(31-3)17-21(20)25(27)19-10-6-4-7-11-19/h4,6-7,10-11,16-17,25H,5,8-9,12-15H2,1-3H3,(H,26,28). The molecule has 0 spiro atoms. The van der Waals surface area contributed by atoms with Crippen LogP contribution < -0.4 is 14.8 Å². The third kappa shape index (κ3) is 5.57. The maximum Gasteiger partial charge on any atom is 0.223 e. The number of amides is 2. The summed E-state index contributed by atoms with van der Waals surface area (Å²) in [7, 11) is 3.28. The summed E-state index contributed by atoms with van der Waals surface area (Å²) in [6.45, 7) is 2.85. The van der Waals surface area contributed by atoms with Crippen LogP contribution in [0.2, 0.25) is 0 Å². The molecule has 0 saturated heterocycles. The first-order valence-corrected chi connectivity index (χ1v) is 10.9. The highest BCUT2D eigenvalue weighted by Crippen LogP contribution is 2.41. The van der Waals surface area contributed by atoms with Crippen molar-refractivity contribution in [2.24, 2.45) is 0 Å². The molecule has 1 aliphatic rings. The highest BCUT2D eigenvalue weighted by atomic mass is 16.5.